The molecule has 1 unspecified atom stereocenters. The van der Waals surface area contributed by atoms with Crippen LogP contribution in [-0.2, 0) is 0 Å². The molecule has 0 aliphatic rings. The van der Waals surface area contributed by atoms with Gasteiger partial charge >= 0.3 is 0 Å². The van der Waals surface area contributed by atoms with Gasteiger partial charge in [0.15, 0.2) is 11.6 Å². The van der Waals surface area contributed by atoms with Crippen molar-refractivity contribution in [2.45, 2.75) is 12.3 Å². The molecule has 0 aromatic heterocycles. The fourth-order valence-corrected chi connectivity index (χ4v) is 2.37. The van der Waals surface area contributed by atoms with Crippen molar-refractivity contribution in [2.75, 3.05) is 14.2 Å². The number of hydrogen-bond acceptors (Lipinski definition) is 2. The summed E-state index contributed by atoms with van der Waals surface area (Å²) >= 11 is 6.51. The van der Waals surface area contributed by atoms with Crippen LogP contribution in [0.3, 0.4) is 0 Å². The quantitative estimate of drug-likeness (QED) is 0.774. The maximum absolute atomic E-state index is 13.5. The molecule has 20 heavy (non-hydrogen) atoms. The van der Waals surface area contributed by atoms with E-state index in [-0.39, 0.29) is 5.75 Å². The highest BCUT2D eigenvalue weighted by molar-refractivity contribution is 6.22. The lowest BCUT2D eigenvalue weighted by Crippen LogP contribution is -1.99. The number of methoxy groups -OCH3 is 2. The minimum Gasteiger partial charge on any atom is -0.496 e. The summed E-state index contributed by atoms with van der Waals surface area (Å²) in [5, 5.41) is -0.431. The van der Waals surface area contributed by atoms with E-state index in [1.165, 1.54) is 13.2 Å². The standard InChI is InChI=1S/C16H16ClFO2/c1-10-4-7-14(19-2)12(8-10)16(17)11-5-6-13(18)15(9-11)20-3/h4-9,16H,1-3H3. The summed E-state index contributed by atoms with van der Waals surface area (Å²) in [6, 6.07) is 10.4. The molecule has 0 aliphatic carbocycles. The molecule has 1 atom stereocenters. The minimum absolute atomic E-state index is 0.180. The van der Waals surface area contributed by atoms with Gasteiger partial charge in [0.25, 0.3) is 0 Å². The van der Waals surface area contributed by atoms with Crippen LogP contribution < -0.4 is 9.47 Å². The largest absolute Gasteiger partial charge is 0.496 e. The average Bonchev–Trinajstić information content (AvgIpc) is 2.47. The normalized spacial score (nSPS) is 12.1. The van der Waals surface area contributed by atoms with E-state index in [4.69, 9.17) is 21.1 Å². The van der Waals surface area contributed by atoms with Crippen LogP contribution >= 0.6 is 11.6 Å². The van der Waals surface area contributed by atoms with E-state index in [1.54, 1.807) is 19.2 Å². The number of ether oxygens (including phenoxy) is 2. The molecule has 0 N–H and O–H groups in total. The van der Waals surface area contributed by atoms with Gasteiger partial charge in [-0.15, -0.1) is 11.6 Å². The molecular formula is C16H16ClFO2. The Bertz CT molecular complexity index is 613. The zero-order valence-corrected chi connectivity index (χ0v) is 12.4. The topological polar surface area (TPSA) is 18.5 Å². The highest BCUT2D eigenvalue weighted by atomic mass is 35.5. The van der Waals surface area contributed by atoms with Crippen molar-refractivity contribution in [3.8, 4) is 11.5 Å². The summed E-state index contributed by atoms with van der Waals surface area (Å²) in [5.74, 6) is 0.481. The van der Waals surface area contributed by atoms with Crippen LogP contribution in [0.5, 0.6) is 11.5 Å². The number of benzene rings is 2. The Hall–Kier alpha value is -1.74. The zero-order chi connectivity index (χ0) is 14.7. The first kappa shape index (κ1) is 14.7. The lowest BCUT2D eigenvalue weighted by molar-refractivity contribution is 0.386. The molecule has 106 valence electrons. The predicted molar refractivity (Wildman–Crippen MR) is 78.4 cm³/mol. The molecule has 4 heteroatoms. The molecule has 0 saturated carbocycles. The molecule has 0 heterocycles. The van der Waals surface area contributed by atoms with Crippen molar-refractivity contribution in [2.24, 2.45) is 0 Å². The van der Waals surface area contributed by atoms with E-state index in [2.05, 4.69) is 0 Å². The third kappa shape index (κ3) is 2.88. The lowest BCUT2D eigenvalue weighted by Gasteiger charge is -2.16. The third-order valence-electron chi connectivity index (χ3n) is 3.13. The van der Waals surface area contributed by atoms with Crippen molar-refractivity contribution in [3.05, 3.63) is 58.9 Å². The third-order valence-corrected chi connectivity index (χ3v) is 3.61. The highest BCUT2D eigenvalue weighted by Crippen LogP contribution is 2.37. The van der Waals surface area contributed by atoms with Crippen LogP contribution in [0, 0.1) is 12.7 Å². The Morgan fingerprint density at radius 2 is 1.70 bits per heavy atom. The second-order valence-electron chi connectivity index (χ2n) is 4.50. The molecule has 0 fully saturated rings. The van der Waals surface area contributed by atoms with Crippen molar-refractivity contribution in [1.29, 1.82) is 0 Å². The van der Waals surface area contributed by atoms with Gasteiger partial charge in [-0.2, -0.15) is 0 Å². The summed E-state index contributed by atoms with van der Waals surface area (Å²) < 4.78 is 23.8. The Morgan fingerprint density at radius 1 is 1.00 bits per heavy atom. The van der Waals surface area contributed by atoms with Gasteiger partial charge in [0, 0.05) is 5.56 Å². The van der Waals surface area contributed by atoms with Gasteiger partial charge in [0.05, 0.1) is 19.6 Å². The number of halogens is 2. The maximum atomic E-state index is 13.5. The molecule has 2 aromatic rings. The monoisotopic (exact) mass is 294 g/mol. The lowest BCUT2D eigenvalue weighted by atomic mass is 10.0. The second-order valence-corrected chi connectivity index (χ2v) is 4.94. The molecule has 2 rings (SSSR count). The van der Waals surface area contributed by atoms with Crippen molar-refractivity contribution in [1.82, 2.24) is 0 Å². The van der Waals surface area contributed by atoms with Gasteiger partial charge in [-0.25, -0.2) is 4.39 Å². The molecule has 0 radical (unpaired) electrons. The fraction of sp³-hybridized carbons (Fsp3) is 0.250. The first-order valence-electron chi connectivity index (χ1n) is 6.19. The fourth-order valence-electron chi connectivity index (χ4n) is 2.07. The Labute approximate surface area is 123 Å². The van der Waals surface area contributed by atoms with Crippen LogP contribution in [0.15, 0.2) is 36.4 Å². The number of hydrogen-bond donors (Lipinski definition) is 0. The summed E-state index contributed by atoms with van der Waals surface area (Å²) in [5.41, 5.74) is 2.69. The maximum Gasteiger partial charge on any atom is 0.165 e. The Balaban J connectivity index is 2.45. The van der Waals surface area contributed by atoms with E-state index in [1.807, 2.05) is 25.1 Å². The van der Waals surface area contributed by atoms with Crippen LogP contribution in [-0.4, -0.2) is 14.2 Å². The second kappa shape index (κ2) is 6.14. The van der Waals surface area contributed by atoms with Gasteiger partial charge < -0.3 is 9.47 Å². The van der Waals surface area contributed by atoms with E-state index in [0.717, 1.165) is 16.7 Å². The molecule has 0 aliphatic heterocycles. The van der Waals surface area contributed by atoms with Crippen molar-refractivity contribution < 1.29 is 13.9 Å². The van der Waals surface area contributed by atoms with Crippen LogP contribution in [0.25, 0.3) is 0 Å². The smallest absolute Gasteiger partial charge is 0.165 e. The molecule has 2 aromatic carbocycles. The summed E-state index contributed by atoms with van der Waals surface area (Å²) in [4.78, 5) is 0. The average molecular weight is 295 g/mol. The predicted octanol–water partition coefficient (Wildman–Crippen LogP) is 4.48. The molecule has 2 nitrogen and oxygen atoms in total. The number of aryl methyl sites for hydroxylation is 1. The summed E-state index contributed by atoms with van der Waals surface area (Å²) in [6.45, 7) is 1.98. The Kier molecular flexibility index (Phi) is 4.50. The zero-order valence-electron chi connectivity index (χ0n) is 11.6. The van der Waals surface area contributed by atoms with E-state index < -0.39 is 11.2 Å². The van der Waals surface area contributed by atoms with Gasteiger partial charge in [-0.1, -0.05) is 23.8 Å². The summed E-state index contributed by atoms with van der Waals surface area (Å²) in [7, 11) is 3.03. The Morgan fingerprint density at radius 3 is 2.35 bits per heavy atom. The number of alkyl halides is 1. The molecule has 0 amide bonds. The van der Waals surface area contributed by atoms with E-state index in [0.29, 0.717) is 5.75 Å². The molecule has 0 spiro atoms. The highest BCUT2D eigenvalue weighted by Gasteiger charge is 2.17. The molecule has 0 saturated heterocycles. The van der Waals surface area contributed by atoms with Gasteiger partial charge in [-0.05, 0) is 30.7 Å². The van der Waals surface area contributed by atoms with E-state index >= 15 is 0 Å². The van der Waals surface area contributed by atoms with Crippen LogP contribution in [0.1, 0.15) is 22.1 Å². The van der Waals surface area contributed by atoms with Crippen molar-refractivity contribution >= 4 is 11.6 Å². The SMILES string of the molecule is COc1cc(C(Cl)c2cc(C)ccc2OC)ccc1F. The first-order chi connectivity index (χ1) is 9.56. The van der Waals surface area contributed by atoms with Gasteiger partial charge in [-0.3, -0.25) is 0 Å². The first-order valence-corrected chi connectivity index (χ1v) is 6.62. The molecule has 0 bridgehead atoms. The molecular weight excluding hydrogens is 279 g/mol. The minimum atomic E-state index is -0.431. The van der Waals surface area contributed by atoms with E-state index in [9.17, 15) is 4.39 Å². The van der Waals surface area contributed by atoms with Crippen molar-refractivity contribution in [3.63, 3.8) is 0 Å². The van der Waals surface area contributed by atoms with Gasteiger partial charge in [0.2, 0.25) is 0 Å². The van der Waals surface area contributed by atoms with Crippen LogP contribution in [0.2, 0.25) is 0 Å². The van der Waals surface area contributed by atoms with Crippen LogP contribution in [0.4, 0.5) is 4.39 Å². The number of rotatable bonds is 4. The van der Waals surface area contributed by atoms with Gasteiger partial charge in [0.1, 0.15) is 5.75 Å². The summed E-state index contributed by atoms with van der Waals surface area (Å²) in [6.07, 6.45) is 0.